The van der Waals surface area contributed by atoms with Gasteiger partial charge in [0.1, 0.15) is 12.7 Å². The largest absolute Gasteiger partial charge is 0.472 e. The number of carbonyl (C=O) groups is 2. The molecule has 14 nitrogen and oxygen atoms in total. The number of rotatable bonds is 38. The fourth-order valence-corrected chi connectivity index (χ4v) is 6.16. The van der Waals surface area contributed by atoms with Gasteiger partial charge in [0.05, 0.1) is 25.9 Å². The highest BCUT2D eigenvalue weighted by Gasteiger charge is 2.28. The van der Waals surface area contributed by atoms with Gasteiger partial charge in [-0.05, 0) is 70.6 Å². The standard InChI is InChI=1S/C42H72O14P2/c1-3-5-7-9-11-12-13-14-15-16-17-18-20-24-28-32-41(45)52-36-40(37-55-58(50,51)54-35-39(44)34-53-57(47,48)49)56-42(46)33-29-25-21-23-27-31-38(43)30-26-22-19-10-8-6-4-2/h6,8,11-12,14-15,17-19,22,26,30,38-40,43-44H,3-5,7,9-10,13,16,20-21,23-25,27-29,31-37H2,1-2H3,(H,50,51)(H2,47,48,49)/b8-6+,12-11-,15-14-,18-17-,22-19+,30-26+/t38?,39-,40+/m0/s1. The monoisotopic (exact) mass is 862 g/mol. The first-order chi connectivity index (χ1) is 27.8. The lowest BCUT2D eigenvalue weighted by atomic mass is 10.1. The number of ether oxygens (including phenoxy) is 2. The van der Waals surface area contributed by atoms with Crippen molar-refractivity contribution in [2.45, 2.75) is 154 Å². The third-order valence-corrected chi connectivity index (χ3v) is 9.61. The van der Waals surface area contributed by atoms with Gasteiger partial charge >= 0.3 is 27.6 Å². The lowest BCUT2D eigenvalue weighted by Crippen LogP contribution is -2.30. The fraction of sp³-hybridized carbons (Fsp3) is 0.667. The first kappa shape index (κ1) is 55.5. The van der Waals surface area contributed by atoms with Crippen molar-refractivity contribution in [3.8, 4) is 0 Å². The van der Waals surface area contributed by atoms with Gasteiger partial charge in [-0.1, -0.05) is 125 Å². The van der Waals surface area contributed by atoms with Crippen molar-refractivity contribution in [3.05, 3.63) is 72.9 Å². The topological polar surface area (TPSA) is 216 Å². The Hall–Kier alpha value is -2.48. The zero-order valence-corrected chi connectivity index (χ0v) is 36.5. The Balaban J connectivity index is 4.71. The molecule has 0 saturated heterocycles. The summed E-state index contributed by atoms with van der Waals surface area (Å²) in [6.45, 7) is 1.42. The summed E-state index contributed by atoms with van der Waals surface area (Å²) in [5.41, 5.74) is 0. The van der Waals surface area contributed by atoms with Crippen molar-refractivity contribution >= 4 is 27.6 Å². The van der Waals surface area contributed by atoms with E-state index in [0.29, 0.717) is 19.3 Å². The predicted octanol–water partition coefficient (Wildman–Crippen LogP) is 9.19. The molecular formula is C42H72O14P2. The van der Waals surface area contributed by atoms with Gasteiger partial charge in [0.25, 0.3) is 0 Å². The number of allylic oxidation sites excluding steroid dienone is 11. The molecule has 0 fully saturated rings. The van der Waals surface area contributed by atoms with E-state index in [2.05, 4.69) is 71.5 Å². The summed E-state index contributed by atoms with van der Waals surface area (Å²) in [5.74, 6) is -1.16. The van der Waals surface area contributed by atoms with Gasteiger partial charge in [0, 0.05) is 12.8 Å². The molecule has 0 rings (SSSR count). The SMILES string of the molecule is CC/C=C/C/C=C/C=C/C(O)CCCCCCCC(=O)O[C@H](COC(=O)CCCC/C=C\C/C=C\C/C=C\CCCCC)COP(=O)(O)OC[C@@H](O)COP(=O)(O)O. The zero-order chi connectivity index (χ0) is 43.2. The molecule has 4 atom stereocenters. The summed E-state index contributed by atoms with van der Waals surface area (Å²) in [5, 5.41) is 19.9. The molecule has 0 aliphatic rings. The van der Waals surface area contributed by atoms with Crippen LogP contribution in [-0.4, -0.2) is 81.6 Å². The van der Waals surface area contributed by atoms with Crippen LogP contribution in [0.4, 0.5) is 0 Å². The highest BCUT2D eigenvalue weighted by atomic mass is 31.2. The highest BCUT2D eigenvalue weighted by molar-refractivity contribution is 7.47. The number of hydrogen-bond acceptors (Lipinski definition) is 11. The number of hydrogen-bond donors (Lipinski definition) is 5. The maximum absolute atomic E-state index is 12.6. The zero-order valence-electron chi connectivity index (χ0n) is 34.7. The third-order valence-electron chi connectivity index (χ3n) is 8.17. The normalized spacial score (nSPS) is 15.4. The number of carbonyl (C=O) groups excluding carboxylic acids is 2. The van der Waals surface area contributed by atoms with Crippen LogP contribution in [0.1, 0.15) is 136 Å². The molecule has 0 aromatic rings. The minimum absolute atomic E-state index is 0.0497. The van der Waals surface area contributed by atoms with Gasteiger partial charge < -0.3 is 34.4 Å². The maximum Gasteiger partial charge on any atom is 0.472 e. The minimum atomic E-state index is -4.88. The van der Waals surface area contributed by atoms with E-state index in [4.69, 9.17) is 23.8 Å². The second-order valence-corrected chi connectivity index (χ2v) is 16.4. The highest BCUT2D eigenvalue weighted by Crippen LogP contribution is 2.43. The van der Waals surface area contributed by atoms with Gasteiger partial charge in [0.15, 0.2) is 6.10 Å². The Morgan fingerprint density at radius 2 is 1.14 bits per heavy atom. The first-order valence-electron chi connectivity index (χ1n) is 20.7. The van der Waals surface area contributed by atoms with Crippen LogP contribution < -0.4 is 0 Å². The van der Waals surface area contributed by atoms with E-state index in [1.807, 2.05) is 18.2 Å². The van der Waals surface area contributed by atoms with Crippen molar-refractivity contribution in [2.75, 3.05) is 26.4 Å². The van der Waals surface area contributed by atoms with Crippen molar-refractivity contribution in [2.24, 2.45) is 0 Å². The fourth-order valence-electron chi connectivity index (χ4n) is 5.01. The molecule has 2 unspecified atom stereocenters. The number of unbranched alkanes of at least 4 members (excludes halogenated alkanes) is 9. The summed E-state index contributed by atoms with van der Waals surface area (Å²) in [4.78, 5) is 52.6. The summed E-state index contributed by atoms with van der Waals surface area (Å²) in [6, 6.07) is 0. The van der Waals surface area contributed by atoms with Gasteiger partial charge in [0.2, 0.25) is 0 Å². The molecule has 0 aliphatic heterocycles. The van der Waals surface area contributed by atoms with Crippen LogP contribution in [0.3, 0.4) is 0 Å². The maximum atomic E-state index is 12.6. The van der Waals surface area contributed by atoms with E-state index in [1.54, 1.807) is 6.08 Å². The number of aliphatic hydroxyl groups excluding tert-OH is 2. The number of esters is 2. The van der Waals surface area contributed by atoms with Crippen molar-refractivity contribution < 1.29 is 66.7 Å². The Bertz CT molecular complexity index is 1320. The Morgan fingerprint density at radius 3 is 1.81 bits per heavy atom. The number of phosphoric ester groups is 2. The van der Waals surface area contributed by atoms with Crippen LogP contribution in [0, 0.1) is 0 Å². The molecule has 0 spiro atoms. The summed E-state index contributed by atoms with van der Waals surface area (Å²) >= 11 is 0. The lowest BCUT2D eigenvalue weighted by Gasteiger charge is -2.20. The third kappa shape index (κ3) is 40.3. The van der Waals surface area contributed by atoms with Crippen LogP contribution >= 0.6 is 15.6 Å². The van der Waals surface area contributed by atoms with Crippen molar-refractivity contribution in [3.63, 3.8) is 0 Å². The first-order valence-corrected chi connectivity index (χ1v) is 23.8. The van der Waals surface area contributed by atoms with Crippen LogP contribution in [0.15, 0.2) is 72.9 Å². The average molecular weight is 863 g/mol. The van der Waals surface area contributed by atoms with Gasteiger partial charge in [-0.2, -0.15) is 0 Å². The molecule has 0 radical (unpaired) electrons. The smallest absolute Gasteiger partial charge is 0.462 e. The molecule has 0 aromatic heterocycles. The summed E-state index contributed by atoms with van der Waals surface area (Å²) in [6.07, 6.45) is 36.4. The average Bonchev–Trinajstić information content (AvgIpc) is 3.17. The Morgan fingerprint density at radius 1 is 0.586 bits per heavy atom. The minimum Gasteiger partial charge on any atom is -0.462 e. The molecule has 0 amide bonds. The van der Waals surface area contributed by atoms with Crippen LogP contribution in [0.5, 0.6) is 0 Å². The molecule has 0 heterocycles. The van der Waals surface area contributed by atoms with Gasteiger partial charge in [-0.3, -0.25) is 23.2 Å². The van der Waals surface area contributed by atoms with E-state index in [1.165, 1.54) is 19.3 Å². The van der Waals surface area contributed by atoms with Crippen LogP contribution in [0.2, 0.25) is 0 Å². The molecule has 58 heavy (non-hydrogen) atoms. The Labute approximate surface area is 347 Å². The van der Waals surface area contributed by atoms with E-state index >= 15 is 0 Å². The molecule has 0 saturated carbocycles. The van der Waals surface area contributed by atoms with Crippen molar-refractivity contribution in [1.82, 2.24) is 0 Å². The van der Waals surface area contributed by atoms with E-state index in [-0.39, 0.29) is 12.8 Å². The molecular weight excluding hydrogens is 790 g/mol. The number of aliphatic hydroxyl groups is 2. The second-order valence-electron chi connectivity index (χ2n) is 13.7. The van der Waals surface area contributed by atoms with Crippen molar-refractivity contribution in [1.29, 1.82) is 0 Å². The van der Waals surface area contributed by atoms with E-state index in [0.717, 1.165) is 70.6 Å². The van der Waals surface area contributed by atoms with E-state index in [9.17, 15) is 33.8 Å². The summed E-state index contributed by atoms with van der Waals surface area (Å²) in [7, 11) is -9.72. The van der Waals surface area contributed by atoms with Gasteiger partial charge in [-0.15, -0.1) is 0 Å². The molecule has 0 bridgehead atoms. The molecule has 16 heteroatoms. The van der Waals surface area contributed by atoms with Crippen LogP contribution in [-0.2, 0) is 41.8 Å². The Kier molecular flexibility index (Phi) is 35.9. The second kappa shape index (κ2) is 37.5. The van der Waals surface area contributed by atoms with E-state index < -0.39 is 72.3 Å². The lowest BCUT2D eigenvalue weighted by molar-refractivity contribution is -0.161. The number of phosphoric acid groups is 2. The molecule has 0 aromatic carbocycles. The van der Waals surface area contributed by atoms with Gasteiger partial charge in [-0.25, -0.2) is 9.13 Å². The van der Waals surface area contributed by atoms with Crippen LogP contribution in [0.25, 0.3) is 0 Å². The molecule has 5 N–H and O–H groups in total. The molecule has 334 valence electrons. The molecule has 0 aliphatic carbocycles. The summed E-state index contributed by atoms with van der Waals surface area (Å²) < 4.78 is 47.6. The quantitative estimate of drug-likeness (QED) is 0.0129. The predicted molar refractivity (Wildman–Crippen MR) is 226 cm³/mol.